The van der Waals surface area contributed by atoms with Crippen LogP contribution in [0.1, 0.15) is 18.2 Å². The van der Waals surface area contributed by atoms with E-state index in [4.69, 9.17) is 5.26 Å². The second-order valence-corrected chi connectivity index (χ2v) is 3.59. The van der Waals surface area contributed by atoms with Crippen LogP contribution in [0, 0.1) is 11.3 Å². The molecular weight excluding hydrogens is 229 g/mol. The smallest absolute Gasteiger partial charge is 0.336 e. The summed E-state index contributed by atoms with van der Waals surface area (Å²) in [4.78, 5) is 0. The maximum atomic E-state index is 12.9. The van der Waals surface area contributed by atoms with Crippen LogP contribution in [-0.4, -0.2) is 4.57 Å². The van der Waals surface area contributed by atoms with Gasteiger partial charge in [-0.05, 0) is 13.0 Å². The van der Waals surface area contributed by atoms with E-state index in [1.54, 1.807) is 31.2 Å². The van der Waals surface area contributed by atoms with Gasteiger partial charge in [0.1, 0.15) is 11.8 Å². The number of benzene rings is 1. The van der Waals surface area contributed by atoms with Crippen molar-refractivity contribution < 1.29 is 13.2 Å². The first-order valence-electron chi connectivity index (χ1n) is 5.09. The van der Waals surface area contributed by atoms with Crippen molar-refractivity contribution in [1.82, 2.24) is 4.57 Å². The Morgan fingerprint density at radius 2 is 1.94 bits per heavy atom. The molecule has 0 aliphatic heterocycles. The summed E-state index contributed by atoms with van der Waals surface area (Å²) in [7, 11) is 0. The van der Waals surface area contributed by atoms with Gasteiger partial charge in [-0.1, -0.05) is 18.2 Å². The van der Waals surface area contributed by atoms with E-state index in [0.717, 1.165) is 4.57 Å². The van der Waals surface area contributed by atoms with Gasteiger partial charge in [0.15, 0.2) is 0 Å². The highest BCUT2D eigenvalue weighted by Crippen LogP contribution is 2.37. The Bertz CT molecular complexity index is 602. The Balaban J connectivity index is 2.95. The van der Waals surface area contributed by atoms with Gasteiger partial charge in [-0.3, -0.25) is 0 Å². The van der Waals surface area contributed by atoms with E-state index in [0.29, 0.717) is 10.9 Å². The number of hydrogen-bond acceptors (Lipinski definition) is 1. The van der Waals surface area contributed by atoms with Gasteiger partial charge in [0.25, 0.3) is 0 Å². The van der Waals surface area contributed by atoms with E-state index in [2.05, 4.69) is 0 Å². The van der Waals surface area contributed by atoms with Crippen LogP contribution >= 0.6 is 0 Å². The van der Waals surface area contributed by atoms with E-state index >= 15 is 0 Å². The monoisotopic (exact) mass is 238 g/mol. The predicted molar refractivity (Wildman–Crippen MR) is 57.3 cm³/mol. The zero-order chi connectivity index (χ0) is 12.6. The fraction of sp³-hybridized carbons (Fsp3) is 0.250. The number of para-hydroxylation sites is 1. The fourth-order valence-corrected chi connectivity index (χ4v) is 2.04. The molecule has 0 radical (unpaired) electrons. The zero-order valence-electron chi connectivity index (χ0n) is 9.04. The van der Waals surface area contributed by atoms with Crippen LogP contribution in [0.5, 0.6) is 0 Å². The van der Waals surface area contributed by atoms with Gasteiger partial charge in [0, 0.05) is 17.4 Å². The molecular formula is C12H9F3N2. The first kappa shape index (κ1) is 11.5. The van der Waals surface area contributed by atoms with Gasteiger partial charge in [0.2, 0.25) is 0 Å². The SMILES string of the molecule is CCn1c(C(F)(F)F)c(C#N)c2ccccc21. The molecule has 0 saturated carbocycles. The van der Waals surface area contributed by atoms with Crippen molar-refractivity contribution in [1.29, 1.82) is 5.26 Å². The van der Waals surface area contributed by atoms with Gasteiger partial charge in [-0.25, -0.2) is 0 Å². The molecule has 0 saturated heterocycles. The van der Waals surface area contributed by atoms with Crippen molar-refractivity contribution in [2.24, 2.45) is 0 Å². The molecule has 1 aromatic carbocycles. The minimum absolute atomic E-state index is 0.178. The summed E-state index contributed by atoms with van der Waals surface area (Å²) < 4.78 is 40.0. The molecule has 0 bridgehead atoms. The number of aromatic nitrogens is 1. The molecule has 88 valence electrons. The normalized spacial score (nSPS) is 11.7. The van der Waals surface area contributed by atoms with Crippen molar-refractivity contribution in [3.8, 4) is 6.07 Å². The lowest BCUT2D eigenvalue weighted by atomic mass is 10.1. The first-order valence-corrected chi connectivity index (χ1v) is 5.09. The van der Waals surface area contributed by atoms with Crippen molar-refractivity contribution >= 4 is 10.9 Å². The number of nitrogens with zero attached hydrogens (tertiary/aromatic N) is 2. The van der Waals surface area contributed by atoms with Crippen LogP contribution in [0.4, 0.5) is 13.2 Å². The van der Waals surface area contributed by atoms with Crippen molar-refractivity contribution in [2.75, 3.05) is 0 Å². The van der Waals surface area contributed by atoms with Crippen LogP contribution in [0.3, 0.4) is 0 Å². The Morgan fingerprint density at radius 1 is 1.29 bits per heavy atom. The molecule has 0 atom stereocenters. The standard InChI is InChI=1S/C12H9F3N2/c1-2-17-10-6-4-3-5-8(10)9(7-16)11(17)12(13,14)15/h3-6H,2H2,1H3. The lowest BCUT2D eigenvalue weighted by Crippen LogP contribution is -2.14. The summed E-state index contributed by atoms with van der Waals surface area (Å²) >= 11 is 0. The van der Waals surface area contributed by atoms with Gasteiger partial charge >= 0.3 is 6.18 Å². The summed E-state index contributed by atoms with van der Waals surface area (Å²) in [6.07, 6.45) is -4.51. The molecule has 2 aromatic rings. The van der Waals surface area contributed by atoms with E-state index in [9.17, 15) is 13.2 Å². The molecule has 1 heterocycles. The Kier molecular flexibility index (Phi) is 2.58. The number of alkyl halides is 3. The second-order valence-electron chi connectivity index (χ2n) is 3.59. The van der Waals surface area contributed by atoms with E-state index in [1.165, 1.54) is 6.07 Å². The number of halogens is 3. The van der Waals surface area contributed by atoms with Crippen LogP contribution in [0.2, 0.25) is 0 Å². The number of rotatable bonds is 1. The maximum Gasteiger partial charge on any atom is 0.432 e. The highest BCUT2D eigenvalue weighted by Gasteiger charge is 2.38. The highest BCUT2D eigenvalue weighted by atomic mass is 19.4. The van der Waals surface area contributed by atoms with Crippen molar-refractivity contribution in [3.63, 3.8) is 0 Å². The molecule has 0 fully saturated rings. The number of aryl methyl sites for hydroxylation is 1. The van der Waals surface area contributed by atoms with Gasteiger partial charge < -0.3 is 4.57 Å². The van der Waals surface area contributed by atoms with Gasteiger partial charge in [-0.15, -0.1) is 0 Å². The summed E-state index contributed by atoms with van der Waals surface area (Å²) in [6, 6.07) is 8.08. The quantitative estimate of drug-likeness (QED) is 0.746. The average molecular weight is 238 g/mol. The molecule has 0 unspecified atom stereocenters. The van der Waals surface area contributed by atoms with Crippen LogP contribution in [-0.2, 0) is 12.7 Å². The number of hydrogen-bond donors (Lipinski definition) is 0. The number of fused-ring (bicyclic) bond motifs is 1. The van der Waals surface area contributed by atoms with E-state index in [-0.39, 0.29) is 12.1 Å². The molecule has 0 spiro atoms. The predicted octanol–water partition coefficient (Wildman–Crippen LogP) is 3.55. The third-order valence-corrected chi connectivity index (χ3v) is 2.67. The molecule has 2 rings (SSSR count). The van der Waals surface area contributed by atoms with Crippen LogP contribution in [0.25, 0.3) is 10.9 Å². The fourth-order valence-electron chi connectivity index (χ4n) is 2.04. The highest BCUT2D eigenvalue weighted by molar-refractivity contribution is 5.88. The molecule has 2 nitrogen and oxygen atoms in total. The molecule has 0 amide bonds. The third kappa shape index (κ3) is 1.66. The number of nitriles is 1. The van der Waals surface area contributed by atoms with E-state index in [1.807, 2.05) is 0 Å². The summed E-state index contributed by atoms with van der Waals surface area (Å²) in [5, 5.41) is 9.28. The summed E-state index contributed by atoms with van der Waals surface area (Å²) in [6.45, 7) is 1.81. The maximum absolute atomic E-state index is 12.9. The zero-order valence-corrected chi connectivity index (χ0v) is 9.04. The molecule has 1 aromatic heterocycles. The Labute approximate surface area is 95.9 Å². The second kappa shape index (κ2) is 3.81. The van der Waals surface area contributed by atoms with E-state index < -0.39 is 11.9 Å². The minimum Gasteiger partial charge on any atom is -0.336 e. The third-order valence-electron chi connectivity index (χ3n) is 2.67. The average Bonchev–Trinajstić information content (AvgIpc) is 2.62. The molecule has 0 N–H and O–H groups in total. The van der Waals surface area contributed by atoms with Gasteiger partial charge in [-0.2, -0.15) is 18.4 Å². The molecule has 17 heavy (non-hydrogen) atoms. The summed E-state index contributed by atoms with van der Waals surface area (Å²) in [5.41, 5.74) is -0.711. The Morgan fingerprint density at radius 3 is 2.47 bits per heavy atom. The summed E-state index contributed by atoms with van der Waals surface area (Å²) in [5.74, 6) is 0. The first-order chi connectivity index (χ1) is 8.00. The van der Waals surface area contributed by atoms with Crippen molar-refractivity contribution in [2.45, 2.75) is 19.6 Å². The molecule has 0 aliphatic rings. The minimum atomic E-state index is -4.51. The lowest BCUT2D eigenvalue weighted by molar-refractivity contribution is -0.143. The van der Waals surface area contributed by atoms with Crippen LogP contribution < -0.4 is 0 Å². The topological polar surface area (TPSA) is 28.7 Å². The molecule has 5 heteroatoms. The van der Waals surface area contributed by atoms with Crippen LogP contribution in [0.15, 0.2) is 24.3 Å². The Hall–Kier alpha value is -1.96. The lowest BCUT2D eigenvalue weighted by Gasteiger charge is -2.11. The molecule has 0 aliphatic carbocycles. The van der Waals surface area contributed by atoms with Crippen molar-refractivity contribution in [3.05, 3.63) is 35.5 Å². The van der Waals surface area contributed by atoms with Gasteiger partial charge in [0.05, 0.1) is 5.56 Å². The largest absolute Gasteiger partial charge is 0.432 e.